The van der Waals surface area contributed by atoms with E-state index in [2.05, 4.69) is 49.1 Å². The Hall–Kier alpha value is -1.41. The van der Waals surface area contributed by atoms with Gasteiger partial charge in [-0.15, -0.1) is 0 Å². The van der Waals surface area contributed by atoms with Crippen molar-refractivity contribution >= 4 is 5.78 Å². The lowest BCUT2D eigenvalue weighted by atomic mass is 9.91. The zero-order chi connectivity index (χ0) is 13.8. The SMILES string of the molecule is CC(C)/C=C1/CN(Cc2ccccc2)CC(C)C1=O. The fourth-order valence-corrected chi connectivity index (χ4v) is 2.67. The Morgan fingerprint density at radius 2 is 2.00 bits per heavy atom. The topological polar surface area (TPSA) is 20.3 Å². The number of hydrogen-bond donors (Lipinski definition) is 0. The van der Waals surface area contributed by atoms with Gasteiger partial charge < -0.3 is 0 Å². The maximum Gasteiger partial charge on any atom is 0.163 e. The summed E-state index contributed by atoms with van der Waals surface area (Å²) in [5.74, 6) is 0.878. The van der Waals surface area contributed by atoms with Gasteiger partial charge in [0.2, 0.25) is 0 Å². The van der Waals surface area contributed by atoms with Gasteiger partial charge in [-0.3, -0.25) is 9.69 Å². The van der Waals surface area contributed by atoms with Gasteiger partial charge in [-0.05, 0) is 11.5 Å². The van der Waals surface area contributed by atoms with E-state index in [1.807, 2.05) is 13.0 Å². The van der Waals surface area contributed by atoms with Crippen molar-refractivity contribution in [1.82, 2.24) is 4.90 Å². The molecule has 1 aromatic carbocycles. The minimum absolute atomic E-state index is 0.113. The van der Waals surface area contributed by atoms with E-state index in [1.165, 1.54) is 5.56 Å². The lowest BCUT2D eigenvalue weighted by molar-refractivity contribution is -0.121. The van der Waals surface area contributed by atoms with Crippen molar-refractivity contribution < 1.29 is 4.79 Å². The second-order valence-corrected chi connectivity index (χ2v) is 5.86. The smallest absolute Gasteiger partial charge is 0.163 e. The number of allylic oxidation sites excluding steroid dienone is 1. The van der Waals surface area contributed by atoms with Gasteiger partial charge in [0, 0.05) is 31.1 Å². The standard InChI is InChI=1S/C17H23NO/c1-13(2)9-16-12-18(10-14(3)17(16)19)11-15-7-5-4-6-8-15/h4-9,13-14H,10-12H2,1-3H3/b16-9-. The van der Waals surface area contributed by atoms with E-state index in [4.69, 9.17) is 0 Å². The number of rotatable bonds is 3. The van der Waals surface area contributed by atoms with Gasteiger partial charge in [-0.25, -0.2) is 0 Å². The van der Waals surface area contributed by atoms with Gasteiger partial charge in [0.25, 0.3) is 0 Å². The van der Waals surface area contributed by atoms with Crippen LogP contribution in [-0.4, -0.2) is 23.8 Å². The average molecular weight is 257 g/mol. The molecule has 0 spiro atoms. The lowest BCUT2D eigenvalue weighted by Crippen LogP contribution is -2.41. The molecule has 19 heavy (non-hydrogen) atoms. The summed E-state index contributed by atoms with van der Waals surface area (Å²) in [5.41, 5.74) is 2.30. The first-order valence-electron chi connectivity index (χ1n) is 7.07. The summed E-state index contributed by atoms with van der Waals surface area (Å²) in [4.78, 5) is 14.5. The molecule has 0 bridgehead atoms. The van der Waals surface area contributed by atoms with Crippen molar-refractivity contribution in [3.05, 3.63) is 47.5 Å². The molecule has 1 fully saturated rings. The third kappa shape index (κ3) is 3.77. The monoisotopic (exact) mass is 257 g/mol. The minimum atomic E-state index is 0.113. The van der Waals surface area contributed by atoms with Crippen LogP contribution in [0.5, 0.6) is 0 Å². The van der Waals surface area contributed by atoms with Crippen LogP contribution in [-0.2, 0) is 11.3 Å². The molecule has 1 aliphatic heterocycles. The van der Waals surface area contributed by atoms with E-state index in [0.29, 0.717) is 11.7 Å². The summed E-state index contributed by atoms with van der Waals surface area (Å²) < 4.78 is 0. The molecule has 1 aromatic rings. The summed E-state index contributed by atoms with van der Waals surface area (Å²) in [6.07, 6.45) is 2.12. The zero-order valence-corrected chi connectivity index (χ0v) is 12.1. The maximum atomic E-state index is 12.2. The van der Waals surface area contributed by atoms with Crippen molar-refractivity contribution in [3.63, 3.8) is 0 Å². The first-order chi connectivity index (χ1) is 9.06. The van der Waals surface area contributed by atoms with E-state index in [1.54, 1.807) is 0 Å². The Morgan fingerprint density at radius 3 is 2.63 bits per heavy atom. The molecule has 2 heteroatoms. The van der Waals surface area contributed by atoms with Gasteiger partial charge in [-0.1, -0.05) is 57.2 Å². The van der Waals surface area contributed by atoms with Gasteiger partial charge >= 0.3 is 0 Å². The van der Waals surface area contributed by atoms with Crippen LogP contribution in [0.3, 0.4) is 0 Å². The number of hydrogen-bond acceptors (Lipinski definition) is 2. The lowest BCUT2D eigenvalue weighted by Gasteiger charge is -2.32. The number of Topliss-reactive ketones (excluding diaryl/α,β-unsaturated/α-hetero) is 1. The molecule has 1 heterocycles. The highest BCUT2D eigenvalue weighted by Gasteiger charge is 2.27. The van der Waals surface area contributed by atoms with Gasteiger partial charge in [0.15, 0.2) is 5.78 Å². The summed E-state index contributed by atoms with van der Waals surface area (Å²) >= 11 is 0. The average Bonchev–Trinajstić information content (AvgIpc) is 2.36. The van der Waals surface area contributed by atoms with E-state index in [0.717, 1.165) is 25.2 Å². The fraction of sp³-hybridized carbons (Fsp3) is 0.471. The number of carbonyl (C=O) groups is 1. The van der Waals surface area contributed by atoms with E-state index < -0.39 is 0 Å². The highest BCUT2D eigenvalue weighted by atomic mass is 16.1. The van der Waals surface area contributed by atoms with Gasteiger partial charge in [-0.2, -0.15) is 0 Å². The molecule has 2 rings (SSSR count). The first kappa shape index (κ1) is 14.0. The molecule has 102 valence electrons. The van der Waals surface area contributed by atoms with Crippen LogP contribution >= 0.6 is 0 Å². The van der Waals surface area contributed by atoms with Gasteiger partial charge in [0.05, 0.1) is 0 Å². The predicted molar refractivity (Wildman–Crippen MR) is 78.8 cm³/mol. The zero-order valence-electron chi connectivity index (χ0n) is 12.1. The van der Waals surface area contributed by atoms with E-state index in [-0.39, 0.29) is 5.92 Å². The molecule has 0 radical (unpaired) electrons. The largest absolute Gasteiger partial charge is 0.294 e. The predicted octanol–water partition coefficient (Wildman–Crippen LogP) is 3.29. The molecular weight excluding hydrogens is 234 g/mol. The quantitative estimate of drug-likeness (QED) is 0.774. The third-order valence-electron chi connectivity index (χ3n) is 3.47. The van der Waals surface area contributed by atoms with Crippen LogP contribution in [0.1, 0.15) is 26.3 Å². The normalized spacial score (nSPS) is 23.3. The molecule has 1 unspecified atom stereocenters. The highest BCUT2D eigenvalue weighted by molar-refractivity contribution is 5.98. The van der Waals surface area contributed by atoms with Gasteiger partial charge in [0.1, 0.15) is 0 Å². The van der Waals surface area contributed by atoms with E-state index in [9.17, 15) is 4.79 Å². The van der Waals surface area contributed by atoms with Crippen molar-refractivity contribution in [2.45, 2.75) is 27.3 Å². The summed E-state index contributed by atoms with van der Waals surface area (Å²) in [6.45, 7) is 8.86. The van der Waals surface area contributed by atoms with Crippen LogP contribution in [0.2, 0.25) is 0 Å². The first-order valence-corrected chi connectivity index (χ1v) is 7.07. The number of likely N-dealkylation sites (tertiary alicyclic amines) is 1. The Morgan fingerprint density at radius 1 is 1.32 bits per heavy atom. The second-order valence-electron chi connectivity index (χ2n) is 5.86. The fourth-order valence-electron chi connectivity index (χ4n) is 2.67. The van der Waals surface area contributed by atoms with Crippen LogP contribution < -0.4 is 0 Å². The molecule has 1 saturated heterocycles. The maximum absolute atomic E-state index is 12.2. The Kier molecular flexibility index (Phi) is 4.54. The highest BCUT2D eigenvalue weighted by Crippen LogP contribution is 2.20. The number of carbonyl (C=O) groups excluding carboxylic acids is 1. The summed E-state index contributed by atoms with van der Waals surface area (Å²) in [7, 11) is 0. The van der Waals surface area contributed by atoms with Crippen molar-refractivity contribution in [1.29, 1.82) is 0 Å². The van der Waals surface area contributed by atoms with Crippen molar-refractivity contribution in [2.24, 2.45) is 11.8 Å². The van der Waals surface area contributed by atoms with Crippen LogP contribution in [0.25, 0.3) is 0 Å². The molecule has 1 aliphatic rings. The molecule has 0 saturated carbocycles. The molecular formula is C17H23NO. The van der Waals surface area contributed by atoms with Crippen molar-refractivity contribution in [2.75, 3.05) is 13.1 Å². The Bertz CT molecular complexity index is 461. The second kappa shape index (κ2) is 6.16. The Balaban J connectivity index is 2.09. The third-order valence-corrected chi connectivity index (χ3v) is 3.47. The Labute approximate surface area is 116 Å². The molecule has 1 atom stereocenters. The molecule has 0 amide bonds. The molecule has 0 N–H and O–H groups in total. The molecule has 0 aromatic heterocycles. The van der Waals surface area contributed by atoms with Crippen LogP contribution in [0, 0.1) is 11.8 Å². The minimum Gasteiger partial charge on any atom is -0.294 e. The summed E-state index contributed by atoms with van der Waals surface area (Å²) in [5, 5.41) is 0. The number of ketones is 1. The number of nitrogens with zero attached hydrogens (tertiary/aromatic N) is 1. The van der Waals surface area contributed by atoms with Crippen LogP contribution in [0.15, 0.2) is 42.0 Å². The van der Waals surface area contributed by atoms with Crippen molar-refractivity contribution in [3.8, 4) is 0 Å². The molecule has 0 aliphatic carbocycles. The molecule has 2 nitrogen and oxygen atoms in total. The number of benzene rings is 1. The van der Waals surface area contributed by atoms with E-state index >= 15 is 0 Å². The van der Waals surface area contributed by atoms with Crippen LogP contribution in [0.4, 0.5) is 0 Å². The summed E-state index contributed by atoms with van der Waals surface area (Å²) in [6, 6.07) is 10.5. The number of piperidine rings is 1.